The van der Waals surface area contributed by atoms with E-state index in [2.05, 4.69) is 18.8 Å². The molecular formula is C21H31N3O3. The first-order valence-corrected chi connectivity index (χ1v) is 9.59. The fraction of sp³-hybridized carbons (Fsp3) is 0.571. The summed E-state index contributed by atoms with van der Waals surface area (Å²) >= 11 is 0. The molecule has 0 aliphatic rings. The lowest BCUT2D eigenvalue weighted by molar-refractivity contribution is -0.131. The summed E-state index contributed by atoms with van der Waals surface area (Å²) in [4.78, 5) is 32.3. The summed E-state index contributed by atoms with van der Waals surface area (Å²) in [6, 6.07) is 5.48. The number of nitrogens with zero attached hydrogens (tertiary/aromatic N) is 3. The van der Waals surface area contributed by atoms with Gasteiger partial charge in [-0.1, -0.05) is 34.6 Å². The Morgan fingerprint density at radius 1 is 1.15 bits per heavy atom. The number of hydrogen-bond donors (Lipinski definition) is 0. The van der Waals surface area contributed by atoms with E-state index in [4.69, 9.17) is 4.74 Å². The maximum atomic E-state index is 13.0. The van der Waals surface area contributed by atoms with E-state index in [9.17, 15) is 9.59 Å². The number of imidazole rings is 1. The van der Waals surface area contributed by atoms with Gasteiger partial charge in [-0.05, 0) is 25.0 Å². The molecular weight excluding hydrogens is 342 g/mol. The lowest BCUT2D eigenvalue weighted by Gasteiger charge is -2.23. The van der Waals surface area contributed by atoms with E-state index in [-0.39, 0.29) is 18.2 Å². The molecule has 0 spiro atoms. The van der Waals surface area contributed by atoms with Crippen LogP contribution in [0.1, 0.15) is 58.1 Å². The first-order valence-electron chi connectivity index (χ1n) is 9.59. The molecule has 0 radical (unpaired) electrons. The number of fused-ring (bicyclic) bond motifs is 1. The number of ether oxygens (including phenoxy) is 1. The average molecular weight is 373 g/mol. The van der Waals surface area contributed by atoms with E-state index in [1.54, 1.807) is 17.7 Å². The fourth-order valence-corrected chi connectivity index (χ4v) is 3.04. The molecule has 1 aromatic heterocycles. The molecule has 27 heavy (non-hydrogen) atoms. The van der Waals surface area contributed by atoms with E-state index in [0.717, 1.165) is 31.4 Å². The summed E-state index contributed by atoms with van der Waals surface area (Å²) in [5.41, 5.74) is 0.843. The zero-order valence-corrected chi connectivity index (χ0v) is 17.3. The summed E-state index contributed by atoms with van der Waals surface area (Å²) in [7, 11) is 1.59. The standard InChI is InChI=1S/C21H31N3O3/c1-7-11-23(12-8-2)18(25)14-24-17-10-9-15(27-6)13-16(17)22-20(24)19(26)21(3,4)5/h9-10,13H,7-8,11-12,14H2,1-6H3. The number of carbonyl (C=O) groups excluding carboxylic acids is 2. The summed E-state index contributed by atoms with van der Waals surface area (Å²) in [5.74, 6) is 0.929. The molecule has 148 valence electrons. The molecule has 0 saturated heterocycles. The lowest BCUT2D eigenvalue weighted by atomic mass is 9.90. The summed E-state index contributed by atoms with van der Waals surface area (Å²) in [6.45, 7) is 11.3. The molecule has 0 unspecified atom stereocenters. The van der Waals surface area contributed by atoms with E-state index >= 15 is 0 Å². The molecule has 2 rings (SSSR count). The molecule has 0 atom stereocenters. The van der Waals surface area contributed by atoms with Crippen LogP contribution >= 0.6 is 0 Å². The highest BCUT2D eigenvalue weighted by Gasteiger charge is 2.29. The maximum Gasteiger partial charge on any atom is 0.242 e. The van der Waals surface area contributed by atoms with Crippen molar-refractivity contribution in [3.05, 3.63) is 24.0 Å². The number of benzene rings is 1. The molecule has 1 heterocycles. The molecule has 0 fully saturated rings. The average Bonchev–Trinajstić information content (AvgIpc) is 2.97. The Kier molecular flexibility index (Phi) is 6.63. The van der Waals surface area contributed by atoms with Gasteiger partial charge in [-0.3, -0.25) is 9.59 Å². The van der Waals surface area contributed by atoms with Crippen LogP contribution in [0.25, 0.3) is 11.0 Å². The van der Waals surface area contributed by atoms with Gasteiger partial charge in [0, 0.05) is 24.6 Å². The van der Waals surface area contributed by atoms with Crippen molar-refractivity contribution in [2.24, 2.45) is 5.41 Å². The van der Waals surface area contributed by atoms with Crippen LogP contribution in [0, 0.1) is 5.41 Å². The molecule has 6 heteroatoms. The number of methoxy groups -OCH3 is 1. The Labute approximate surface area is 161 Å². The van der Waals surface area contributed by atoms with Gasteiger partial charge in [0.2, 0.25) is 11.7 Å². The number of ketones is 1. The van der Waals surface area contributed by atoms with Crippen LogP contribution in [0.3, 0.4) is 0 Å². The van der Waals surface area contributed by atoms with E-state index in [1.807, 2.05) is 37.8 Å². The van der Waals surface area contributed by atoms with Crippen LogP contribution in [-0.2, 0) is 11.3 Å². The van der Waals surface area contributed by atoms with Crippen molar-refractivity contribution in [3.8, 4) is 5.75 Å². The van der Waals surface area contributed by atoms with Crippen molar-refractivity contribution >= 4 is 22.7 Å². The molecule has 1 amide bonds. The zero-order chi connectivity index (χ0) is 20.2. The number of hydrogen-bond acceptors (Lipinski definition) is 4. The second-order valence-electron chi connectivity index (χ2n) is 7.84. The Hall–Kier alpha value is -2.37. The first-order chi connectivity index (χ1) is 12.7. The third kappa shape index (κ3) is 4.67. The molecule has 2 aromatic rings. The van der Waals surface area contributed by atoms with Gasteiger partial charge in [-0.15, -0.1) is 0 Å². The third-order valence-corrected chi connectivity index (χ3v) is 4.47. The SMILES string of the molecule is CCCN(CCC)C(=O)Cn1c(C(=O)C(C)(C)C)nc2cc(OC)ccc21. The van der Waals surface area contributed by atoms with Gasteiger partial charge in [0.25, 0.3) is 0 Å². The van der Waals surface area contributed by atoms with Crippen LogP contribution in [0.5, 0.6) is 5.75 Å². The summed E-state index contributed by atoms with van der Waals surface area (Å²) in [6.07, 6.45) is 1.81. The molecule has 0 saturated carbocycles. The van der Waals surface area contributed by atoms with Gasteiger partial charge in [-0.2, -0.15) is 0 Å². The van der Waals surface area contributed by atoms with Crippen molar-refractivity contribution < 1.29 is 14.3 Å². The largest absolute Gasteiger partial charge is 0.497 e. The highest BCUT2D eigenvalue weighted by Crippen LogP contribution is 2.26. The number of Topliss-reactive ketones (excluding diaryl/α,β-unsaturated/α-hetero) is 1. The summed E-state index contributed by atoms with van der Waals surface area (Å²) in [5, 5.41) is 0. The normalized spacial score (nSPS) is 11.6. The van der Waals surface area contributed by atoms with Crippen LogP contribution < -0.4 is 4.74 Å². The van der Waals surface area contributed by atoms with Gasteiger partial charge in [0.15, 0.2) is 5.82 Å². The van der Waals surface area contributed by atoms with Gasteiger partial charge in [0.1, 0.15) is 12.3 Å². The maximum absolute atomic E-state index is 13.0. The quantitative estimate of drug-likeness (QED) is 0.658. The van der Waals surface area contributed by atoms with Crippen molar-refractivity contribution in [3.63, 3.8) is 0 Å². The Balaban J connectivity index is 2.51. The monoisotopic (exact) mass is 373 g/mol. The molecule has 0 aliphatic carbocycles. The van der Waals surface area contributed by atoms with Gasteiger partial charge >= 0.3 is 0 Å². The van der Waals surface area contributed by atoms with Crippen LogP contribution in [0.2, 0.25) is 0 Å². The molecule has 0 bridgehead atoms. The Morgan fingerprint density at radius 3 is 2.30 bits per heavy atom. The van der Waals surface area contributed by atoms with E-state index in [1.165, 1.54) is 0 Å². The van der Waals surface area contributed by atoms with Gasteiger partial charge in [0.05, 0.1) is 18.1 Å². The first kappa shape index (κ1) is 20.9. The minimum atomic E-state index is -0.585. The predicted molar refractivity (Wildman–Crippen MR) is 107 cm³/mol. The predicted octanol–water partition coefficient (Wildman–Crippen LogP) is 3.92. The highest BCUT2D eigenvalue weighted by atomic mass is 16.5. The van der Waals surface area contributed by atoms with Crippen LogP contribution in [0.15, 0.2) is 18.2 Å². The zero-order valence-electron chi connectivity index (χ0n) is 17.3. The molecule has 0 aliphatic heterocycles. The van der Waals surface area contributed by atoms with E-state index < -0.39 is 5.41 Å². The molecule has 0 N–H and O–H groups in total. The summed E-state index contributed by atoms with van der Waals surface area (Å²) < 4.78 is 7.03. The second kappa shape index (κ2) is 8.55. The number of carbonyl (C=O) groups is 2. The number of aromatic nitrogens is 2. The van der Waals surface area contributed by atoms with Crippen LogP contribution in [-0.4, -0.2) is 46.3 Å². The Bertz CT molecular complexity index is 812. The molecule has 1 aromatic carbocycles. The van der Waals surface area contributed by atoms with Crippen LogP contribution in [0.4, 0.5) is 0 Å². The number of amides is 1. The van der Waals surface area contributed by atoms with Gasteiger partial charge < -0.3 is 14.2 Å². The minimum Gasteiger partial charge on any atom is -0.497 e. The third-order valence-electron chi connectivity index (χ3n) is 4.47. The smallest absolute Gasteiger partial charge is 0.242 e. The van der Waals surface area contributed by atoms with Crippen molar-refractivity contribution in [2.75, 3.05) is 20.2 Å². The fourth-order valence-electron chi connectivity index (χ4n) is 3.04. The van der Waals surface area contributed by atoms with Gasteiger partial charge in [-0.25, -0.2) is 4.98 Å². The lowest BCUT2D eigenvalue weighted by Crippen LogP contribution is -2.36. The van der Waals surface area contributed by atoms with E-state index in [0.29, 0.717) is 17.1 Å². The Morgan fingerprint density at radius 2 is 1.78 bits per heavy atom. The number of rotatable bonds is 8. The second-order valence-corrected chi connectivity index (χ2v) is 7.84. The van der Waals surface area contributed by atoms with Crippen molar-refractivity contribution in [2.45, 2.75) is 54.0 Å². The topological polar surface area (TPSA) is 64.4 Å². The van der Waals surface area contributed by atoms with Crippen molar-refractivity contribution in [1.82, 2.24) is 14.5 Å². The molecule has 6 nitrogen and oxygen atoms in total. The van der Waals surface area contributed by atoms with Crippen molar-refractivity contribution in [1.29, 1.82) is 0 Å². The minimum absolute atomic E-state index is 0.0109. The highest BCUT2D eigenvalue weighted by molar-refractivity contribution is 6.00.